The maximum atomic E-state index is 10.8. The Bertz CT molecular complexity index is 941. The van der Waals surface area contributed by atoms with Gasteiger partial charge in [0.25, 0.3) is 0 Å². The number of aryl methyl sites for hydroxylation is 3. The summed E-state index contributed by atoms with van der Waals surface area (Å²) in [5.74, 6) is 0. The first-order valence-electron chi connectivity index (χ1n) is 7.77. The Balaban J connectivity index is 0.000000384. The van der Waals surface area contributed by atoms with Gasteiger partial charge in [-0.15, -0.1) is 0 Å². The van der Waals surface area contributed by atoms with Crippen LogP contribution < -0.4 is 0 Å². The molecule has 0 fully saturated rings. The van der Waals surface area contributed by atoms with E-state index in [-0.39, 0.29) is 16.8 Å². The average molecular weight is 482 g/mol. The molecule has 0 saturated heterocycles. The van der Waals surface area contributed by atoms with Crippen molar-refractivity contribution in [3.63, 3.8) is 0 Å². The quantitative estimate of drug-likeness (QED) is 0.331. The molecule has 10 heteroatoms. The molecule has 3 aromatic heterocycles. The third kappa shape index (κ3) is 7.95. The van der Waals surface area contributed by atoms with Gasteiger partial charge in [-0.05, 0) is 57.2 Å². The number of hydrogen-bond acceptors (Lipinski definition) is 6. The van der Waals surface area contributed by atoms with E-state index in [1.54, 1.807) is 63.2 Å². The van der Waals surface area contributed by atoms with Crippen LogP contribution in [0.25, 0.3) is 0 Å². The molecule has 0 aliphatic rings. The molecule has 2 N–H and O–H groups in total. The van der Waals surface area contributed by atoms with Gasteiger partial charge in [0, 0.05) is 5.69 Å². The minimum absolute atomic E-state index is 0. The predicted octanol–water partition coefficient (Wildman–Crippen LogP) is 5.40. The largest absolute Gasteiger partial charge is 3.00 e. The molecule has 3 heterocycles. The van der Waals surface area contributed by atoms with Crippen LogP contribution in [0.2, 0.25) is 0 Å². The van der Waals surface area contributed by atoms with Crippen molar-refractivity contribution in [2.75, 3.05) is 0 Å². The Kier molecular flexibility index (Phi) is 11.6. The van der Waals surface area contributed by atoms with Crippen molar-refractivity contribution in [1.29, 1.82) is 0 Å². The van der Waals surface area contributed by atoms with Gasteiger partial charge in [-0.3, -0.25) is 0 Å². The smallest absolute Gasteiger partial charge is 0.805 e. The van der Waals surface area contributed by atoms with E-state index >= 15 is 0 Å². The number of aromatic nitrogens is 3. The van der Waals surface area contributed by atoms with Crippen LogP contribution in [-0.4, -0.2) is 24.6 Å². The topological polar surface area (TPSA) is 78.3 Å². The van der Waals surface area contributed by atoms with E-state index in [0.717, 1.165) is 25.6 Å². The van der Waals surface area contributed by atoms with E-state index < -0.39 is 0 Å². The predicted molar refractivity (Wildman–Crippen MR) is 113 cm³/mol. The summed E-state index contributed by atoms with van der Waals surface area (Å²) < 4.78 is 3.90. The maximum Gasteiger partial charge on any atom is 3.00 e. The second-order valence-corrected chi connectivity index (χ2v) is 6.69. The van der Waals surface area contributed by atoms with Crippen molar-refractivity contribution in [2.24, 2.45) is 0 Å². The van der Waals surface area contributed by atoms with Gasteiger partial charge in [0.2, 0.25) is 0 Å². The van der Waals surface area contributed by atoms with E-state index in [1.807, 2.05) is 12.1 Å². The molecule has 3 rings (SSSR count). The molecule has 0 aromatic carbocycles. The number of hydrogen-bond donors (Lipinski definition) is 2. The Morgan fingerprint density at radius 3 is 1.21 bits per heavy atom. The van der Waals surface area contributed by atoms with Crippen LogP contribution in [0.5, 0.6) is 0 Å². The summed E-state index contributed by atoms with van der Waals surface area (Å²) in [6.07, 6.45) is 0. The van der Waals surface area contributed by atoms with Crippen molar-refractivity contribution in [3.8, 4) is 0 Å². The van der Waals surface area contributed by atoms with Crippen LogP contribution in [0.1, 0.15) is 17.1 Å². The normalized spacial score (nSPS) is 9.11. The van der Waals surface area contributed by atoms with Crippen LogP contribution in [0.3, 0.4) is 0 Å². The summed E-state index contributed by atoms with van der Waals surface area (Å²) >= 11 is 14.2. The minimum Gasteiger partial charge on any atom is -0.805 e. The monoisotopic (exact) mass is 481 g/mol. The second kappa shape index (κ2) is 12.5. The molecular weight excluding hydrogens is 461 g/mol. The summed E-state index contributed by atoms with van der Waals surface area (Å²) in [7, 11) is 0. The first-order chi connectivity index (χ1) is 12.6. The zero-order valence-corrected chi connectivity index (χ0v) is 18.9. The number of rotatable bonds is 0. The first kappa shape index (κ1) is 26.0. The van der Waals surface area contributed by atoms with Crippen molar-refractivity contribution in [3.05, 3.63) is 90.8 Å². The Morgan fingerprint density at radius 2 is 0.964 bits per heavy atom. The van der Waals surface area contributed by atoms with Crippen molar-refractivity contribution in [1.82, 2.24) is 14.2 Å². The summed E-state index contributed by atoms with van der Waals surface area (Å²) in [4.78, 5) is 0. The van der Waals surface area contributed by atoms with Gasteiger partial charge in [-0.25, -0.2) is 0 Å². The third-order valence-corrected chi connectivity index (χ3v) is 4.25. The molecule has 0 spiro atoms. The van der Waals surface area contributed by atoms with Crippen LogP contribution >= 0.6 is 36.7 Å². The standard InChI is InChI=1S/2C6H7NOS.C6H6NOS.Co/c3*1-5-3-2-4-6(9)7(5)8;/h2*2-4,8H,1H3;2-4H,1H3;/q;;-1;+3. The molecule has 6 nitrogen and oxygen atoms in total. The summed E-state index contributed by atoms with van der Waals surface area (Å²) in [5.41, 5.74) is 2.15. The van der Waals surface area contributed by atoms with Gasteiger partial charge >= 0.3 is 16.8 Å². The number of pyridine rings is 3. The fourth-order valence-electron chi connectivity index (χ4n) is 1.75. The van der Waals surface area contributed by atoms with Gasteiger partial charge in [0.1, 0.15) is 13.9 Å². The molecule has 0 radical (unpaired) electrons. The van der Waals surface area contributed by atoms with E-state index in [4.69, 9.17) is 47.1 Å². The van der Waals surface area contributed by atoms with Gasteiger partial charge < -0.3 is 20.4 Å². The zero-order valence-electron chi connectivity index (χ0n) is 15.4. The maximum absolute atomic E-state index is 10.8. The van der Waals surface area contributed by atoms with Crippen LogP contribution in [-0.2, 0) is 16.8 Å². The van der Waals surface area contributed by atoms with Gasteiger partial charge in [-0.1, -0.05) is 54.9 Å². The fraction of sp³-hybridized carbons (Fsp3) is 0.167. The molecule has 0 unspecified atom stereocenters. The van der Waals surface area contributed by atoms with Crippen molar-refractivity contribution in [2.45, 2.75) is 20.8 Å². The molecule has 0 saturated carbocycles. The van der Waals surface area contributed by atoms with Gasteiger partial charge in [0.05, 0.1) is 11.4 Å². The Morgan fingerprint density at radius 1 is 0.643 bits per heavy atom. The van der Waals surface area contributed by atoms with Crippen LogP contribution in [0.15, 0.2) is 54.6 Å². The van der Waals surface area contributed by atoms with E-state index in [9.17, 15) is 5.21 Å². The summed E-state index contributed by atoms with van der Waals surface area (Å²) in [6, 6.07) is 15.6. The zero-order chi connectivity index (χ0) is 20.6. The molecule has 0 amide bonds. The first-order valence-corrected chi connectivity index (χ1v) is 8.99. The van der Waals surface area contributed by atoms with Crippen LogP contribution in [0.4, 0.5) is 0 Å². The Hall–Kier alpha value is -1.98. The van der Waals surface area contributed by atoms with E-state index in [0.29, 0.717) is 19.6 Å². The number of nitrogens with zero attached hydrogens (tertiary/aromatic N) is 3. The minimum atomic E-state index is 0. The second-order valence-electron chi connectivity index (χ2n) is 5.43. The fourth-order valence-corrected chi connectivity index (χ4v) is 2.42. The van der Waals surface area contributed by atoms with E-state index in [2.05, 4.69) is 0 Å². The SMILES string of the molecule is Cc1cccc(=S)n1O.Cc1cccc(=S)n1O.Cc1cccc(=S)n1[O-].[Co+3]. The average Bonchev–Trinajstić information content (AvgIpc) is 2.63. The summed E-state index contributed by atoms with van der Waals surface area (Å²) in [6.45, 7) is 5.30. The third-order valence-electron chi connectivity index (χ3n) is 3.33. The molecule has 150 valence electrons. The molecule has 0 aliphatic heterocycles. The van der Waals surface area contributed by atoms with Crippen LogP contribution in [0, 0.1) is 39.9 Å². The molecule has 3 aromatic rings. The van der Waals surface area contributed by atoms with Gasteiger partial charge in [0.15, 0.2) is 0 Å². The molecule has 28 heavy (non-hydrogen) atoms. The molecule has 0 atom stereocenters. The van der Waals surface area contributed by atoms with Gasteiger partial charge in [-0.2, -0.15) is 9.46 Å². The van der Waals surface area contributed by atoms with Crippen molar-refractivity contribution >= 4 is 36.7 Å². The molecule has 0 bridgehead atoms. The van der Waals surface area contributed by atoms with Crippen molar-refractivity contribution < 1.29 is 27.2 Å². The van der Waals surface area contributed by atoms with E-state index in [1.165, 1.54) is 0 Å². The molecule has 0 aliphatic carbocycles. The molecular formula is C18H20CoN3O3S3+2. The Labute approximate surface area is 189 Å². The summed E-state index contributed by atoms with van der Waals surface area (Å²) in [5, 5.41) is 28.8.